The van der Waals surface area contributed by atoms with Crippen LogP contribution in [0.5, 0.6) is 0 Å². The number of piperazine rings is 1. The first kappa shape index (κ1) is 21.9. The first-order valence-electron chi connectivity index (χ1n) is 10.3. The number of nitrogens with zero attached hydrogens (tertiary/aromatic N) is 5. The molecule has 1 saturated heterocycles. The Morgan fingerprint density at radius 1 is 1.27 bits per heavy atom. The van der Waals surface area contributed by atoms with Gasteiger partial charge in [0.05, 0.1) is 12.4 Å². The molecule has 8 heteroatoms. The Kier molecular flexibility index (Phi) is 6.24. The highest BCUT2D eigenvalue weighted by Crippen LogP contribution is 2.36. The summed E-state index contributed by atoms with van der Waals surface area (Å²) in [6.07, 6.45) is 4.50. The molecule has 2 heterocycles. The van der Waals surface area contributed by atoms with Gasteiger partial charge in [0.1, 0.15) is 5.82 Å². The van der Waals surface area contributed by atoms with Crippen molar-refractivity contribution in [1.82, 2.24) is 20.2 Å². The van der Waals surface area contributed by atoms with Gasteiger partial charge in [0.15, 0.2) is 5.82 Å². The fourth-order valence-electron chi connectivity index (χ4n) is 3.77. The number of aromatic nitrogens is 2. The zero-order valence-corrected chi connectivity index (χ0v) is 18.5. The van der Waals surface area contributed by atoms with Crippen LogP contribution in [0.1, 0.15) is 47.5 Å². The van der Waals surface area contributed by atoms with Crippen molar-refractivity contribution in [2.75, 3.05) is 24.5 Å². The van der Waals surface area contributed by atoms with Gasteiger partial charge >= 0.3 is 0 Å². The van der Waals surface area contributed by atoms with Gasteiger partial charge in [-0.25, -0.2) is 19.4 Å². The molecule has 30 heavy (non-hydrogen) atoms. The van der Waals surface area contributed by atoms with Gasteiger partial charge in [-0.05, 0) is 54.2 Å². The van der Waals surface area contributed by atoms with E-state index in [0.29, 0.717) is 37.0 Å². The van der Waals surface area contributed by atoms with Crippen molar-refractivity contribution in [2.45, 2.75) is 59.0 Å². The Bertz CT molecular complexity index is 883. The molecule has 1 aromatic rings. The summed E-state index contributed by atoms with van der Waals surface area (Å²) in [4.78, 5) is 29.7. The smallest absolute Gasteiger partial charge is 0.254 e. The van der Waals surface area contributed by atoms with Crippen LogP contribution in [0.2, 0.25) is 0 Å². The van der Waals surface area contributed by atoms with Gasteiger partial charge in [0.25, 0.3) is 5.91 Å². The number of nitrogens with one attached hydrogen (secondary N) is 1. The van der Waals surface area contributed by atoms with Gasteiger partial charge in [-0.15, -0.1) is 0 Å². The summed E-state index contributed by atoms with van der Waals surface area (Å²) >= 11 is 0. The van der Waals surface area contributed by atoms with Crippen molar-refractivity contribution in [3.63, 3.8) is 0 Å². The van der Waals surface area contributed by atoms with Gasteiger partial charge in [-0.1, -0.05) is 5.57 Å². The van der Waals surface area contributed by atoms with Crippen LogP contribution in [0.4, 0.5) is 10.3 Å². The quantitative estimate of drug-likeness (QED) is 0.440. The Balaban J connectivity index is 1.78. The second kappa shape index (κ2) is 8.53. The molecule has 1 saturated carbocycles. The highest BCUT2D eigenvalue weighted by molar-refractivity contribution is 5.99. The Labute approximate surface area is 177 Å². The second-order valence-corrected chi connectivity index (χ2v) is 8.69. The molecule has 1 amide bonds. The fraction of sp³-hybridized carbons (Fsp3) is 0.545. The van der Waals surface area contributed by atoms with E-state index in [1.807, 2.05) is 37.5 Å². The van der Waals surface area contributed by atoms with E-state index in [1.54, 1.807) is 0 Å². The highest BCUT2D eigenvalue weighted by atomic mass is 19.1. The van der Waals surface area contributed by atoms with Gasteiger partial charge in [-0.3, -0.25) is 4.79 Å². The normalized spacial score (nSPS) is 20.9. The number of hydrogen-bond acceptors (Lipinski definition) is 6. The summed E-state index contributed by atoms with van der Waals surface area (Å²) in [5, 5.41) is 3.44. The molecule has 7 nitrogen and oxygen atoms in total. The van der Waals surface area contributed by atoms with Crippen molar-refractivity contribution in [3.8, 4) is 0 Å². The van der Waals surface area contributed by atoms with Crippen LogP contribution < -0.4 is 10.2 Å². The molecule has 1 aliphatic carbocycles. The minimum atomic E-state index is -0.462. The third-order valence-corrected chi connectivity index (χ3v) is 5.80. The highest BCUT2D eigenvalue weighted by Gasteiger charge is 2.38. The Morgan fingerprint density at radius 2 is 1.90 bits per heavy atom. The minimum absolute atomic E-state index is 0.0106. The second-order valence-electron chi connectivity index (χ2n) is 8.69. The van der Waals surface area contributed by atoms with Crippen LogP contribution in [-0.2, 0) is 4.79 Å². The number of carbonyl (C=O) groups excluding carboxylic acids is 1. The van der Waals surface area contributed by atoms with Crippen molar-refractivity contribution in [3.05, 3.63) is 40.8 Å². The van der Waals surface area contributed by atoms with Gasteiger partial charge in [0.2, 0.25) is 5.95 Å². The SMILES string of the molecule is C=N/C(NC1(C)CC1)=C(\C)C(C(=O)N1CCN(c2ncc(F)cn2)CC1C)=C(C)C. The lowest BCUT2D eigenvalue weighted by Gasteiger charge is -2.40. The lowest BCUT2D eigenvalue weighted by molar-refractivity contribution is -0.129. The number of allylic oxidation sites excluding steroid dienone is 1. The number of carbonyl (C=O) groups is 1. The van der Waals surface area contributed by atoms with Gasteiger partial charge in [-0.2, -0.15) is 0 Å². The molecule has 3 rings (SSSR count). The van der Waals surface area contributed by atoms with Crippen LogP contribution in [0, 0.1) is 5.82 Å². The standard InChI is InChI=1S/C22H31FN6O/c1-14(2)18(16(4)19(24-6)27-22(5)7-8-22)20(30)29-10-9-28(13-15(29)3)21-25-11-17(23)12-26-21/h11-12,15,27H,6-10,13H2,1-5H3/b19-16-. The summed E-state index contributed by atoms with van der Waals surface area (Å²) in [5.41, 5.74) is 2.48. The zero-order valence-electron chi connectivity index (χ0n) is 18.5. The first-order chi connectivity index (χ1) is 14.1. The lowest BCUT2D eigenvalue weighted by Crippen LogP contribution is -2.55. The average Bonchev–Trinajstić information content (AvgIpc) is 3.43. The minimum Gasteiger partial charge on any atom is -0.365 e. The van der Waals surface area contributed by atoms with E-state index in [1.165, 1.54) is 0 Å². The summed E-state index contributed by atoms with van der Waals surface area (Å²) in [5.74, 6) is 0.680. The predicted molar refractivity (Wildman–Crippen MR) is 117 cm³/mol. The van der Waals surface area contributed by atoms with Crippen LogP contribution in [-0.4, -0.2) is 58.7 Å². The molecule has 1 aromatic heterocycles. The number of rotatable bonds is 6. The van der Waals surface area contributed by atoms with E-state index in [0.717, 1.165) is 36.4 Å². The largest absolute Gasteiger partial charge is 0.365 e. The van der Waals surface area contributed by atoms with Crippen LogP contribution in [0.25, 0.3) is 0 Å². The van der Waals surface area contributed by atoms with Gasteiger partial charge < -0.3 is 15.1 Å². The average molecular weight is 415 g/mol. The number of hydrogen-bond donors (Lipinski definition) is 1. The zero-order chi connectivity index (χ0) is 22.1. The van der Waals surface area contributed by atoms with Crippen LogP contribution in [0.3, 0.4) is 0 Å². The molecule has 162 valence electrons. The van der Waals surface area contributed by atoms with Crippen molar-refractivity contribution < 1.29 is 9.18 Å². The van der Waals surface area contributed by atoms with Crippen molar-refractivity contribution in [2.24, 2.45) is 4.99 Å². The molecule has 1 aliphatic heterocycles. The molecule has 0 aromatic carbocycles. The van der Waals surface area contributed by atoms with Crippen LogP contribution >= 0.6 is 0 Å². The van der Waals surface area contributed by atoms with Crippen molar-refractivity contribution in [1.29, 1.82) is 0 Å². The molecule has 2 fully saturated rings. The molecular weight excluding hydrogens is 383 g/mol. The lowest BCUT2D eigenvalue weighted by atomic mass is 9.99. The van der Waals surface area contributed by atoms with E-state index >= 15 is 0 Å². The van der Waals surface area contributed by atoms with Crippen LogP contribution in [0.15, 0.2) is 39.9 Å². The molecule has 2 aliphatic rings. The molecule has 1 unspecified atom stereocenters. The third kappa shape index (κ3) is 4.68. The third-order valence-electron chi connectivity index (χ3n) is 5.80. The predicted octanol–water partition coefficient (Wildman–Crippen LogP) is 3.06. The number of aliphatic imine (C=N–C) groups is 1. The number of halogens is 1. The number of amides is 1. The van der Waals surface area contributed by atoms with E-state index in [2.05, 4.69) is 33.9 Å². The molecular formula is C22H31FN6O. The molecule has 1 N–H and O–H groups in total. The maximum atomic E-state index is 13.5. The monoisotopic (exact) mass is 414 g/mol. The number of anilines is 1. The maximum Gasteiger partial charge on any atom is 0.254 e. The van der Waals surface area contributed by atoms with E-state index < -0.39 is 5.82 Å². The topological polar surface area (TPSA) is 73.7 Å². The fourth-order valence-corrected chi connectivity index (χ4v) is 3.77. The Hall–Kier alpha value is -2.77. The van der Waals surface area contributed by atoms with Gasteiger partial charge in [0, 0.05) is 42.4 Å². The first-order valence-corrected chi connectivity index (χ1v) is 10.3. The summed E-state index contributed by atoms with van der Waals surface area (Å²) < 4.78 is 13.1. The Morgan fingerprint density at radius 3 is 2.40 bits per heavy atom. The van der Waals surface area contributed by atoms with E-state index in [4.69, 9.17) is 0 Å². The molecule has 0 radical (unpaired) electrons. The molecule has 1 atom stereocenters. The van der Waals surface area contributed by atoms with E-state index in [-0.39, 0.29) is 17.5 Å². The van der Waals surface area contributed by atoms with Crippen molar-refractivity contribution >= 4 is 18.6 Å². The summed E-state index contributed by atoms with van der Waals surface area (Å²) in [6, 6.07) is -0.0453. The molecule has 0 spiro atoms. The maximum absolute atomic E-state index is 13.5. The van der Waals surface area contributed by atoms with E-state index in [9.17, 15) is 9.18 Å². The molecule has 0 bridgehead atoms. The summed E-state index contributed by atoms with van der Waals surface area (Å²) in [6.45, 7) is 15.4. The summed E-state index contributed by atoms with van der Waals surface area (Å²) in [7, 11) is 0.